The molecular weight excluding hydrogens is 124 g/mol. The Hall–Kier alpha value is -0.920. The second-order valence-corrected chi connectivity index (χ2v) is 2.47. The van der Waals surface area contributed by atoms with Crippen molar-refractivity contribution in [3.8, 4) is 0 Å². The standard InChI is InChI=1S/C8H14N2/c9-5-1-2-6-10-7-3-4-8-10/h1-2,5-6H,3-4,7-9H2. The highest BCUT2D eigenvalue weighted by Gasteiger charge is 2.04. The summed E-state index contributed by atoms with van der Waals surface area (Å²) in [5, 5.41) is 0. The molecular formula is C8H14N2. The molecule has 0 atom stereocenters. The first-order valence-electron chi connectivity index (χ1n) is 3.72. The summed E-state index contributed by atoms with van der Waals surface area (Å²) in [7, 11) is 0. The third-order valence-electron chi connectivity index (χ3n) is 1.66. The van der Waals surface area contributed by atoms with Crippen LogP contribution in [0, 0.1) is 0 Å². The van der Waals surface area contributed by atoms with E-state index in [4.69, 9.17) is 5.73 Å². The summed E-state index contributed by atoms with van der Waals surface area (Å²) in [4.78, 5) is 2.31. The van der Waals surface area contributed by atoms with Gasteiger partial charge in [0.25, 0.3) is 0 Å². The first-order chi connectivity index (χ1) is 4.93. The van der Waals surface area contributed by atoms with Gasteiger partial charge in [-0.25, -0.2) is 0 Å². The Morgan fingerprint density at radius 2 is 1.80 bits per heavy atom. The topological polar surface area (TPSA) is 29.3 Å². The van der Waals surface area contributed by atoms with Crippen LogP contribution in [0.5, 0.6) is 0 Å². The number of rotatable bonds is 2. The maximum absolute atomic E-state index is 5.16. The van der Waals surface area contributed by atoms with Crippen LogP contribution in [0.3, 0.4) is 0 Å². The predicted molar refractivity (Wildman–Crippen MR) is 43.3 cm³/mol. The Labute approximate surface area is 62.0 Å². The molecule has 1 aliphatic rings. The maximum Gasteiger partial charge on any atom is 0.0173 e. The van der Waals surface area contributed by atoms with Gasteiger partial charge in [0.15, 0.2) is 0 Å². The first kappa shape index (κ1) is 7.19. The van der Waals surface area contributed by atoms with Crippen molar-refractivity contribution in [3.63, 3.8) is 0 Å². The lowest BCUT2D eigenvalue weighted by Gasteiger charge is -2.08. The molecule has 2 heteroatoms. The van der Waals surface area contributed by atoms with E-state index in [2.05, 4.69) is 11.1 Å². The van der Waals surface area contributed by atoms with Gasteiger partial charge >= 0.3 is 0 Å². The summed E-state index contributed by atoms with van der Waals surface area (Å²) >= 11 is 0. The van der Waals surface area contributed by atoms with Gasteiger partial charge < -0.3 is 10.6 Å². The fourth-order valence-corrected chi connectivity index (χ4v) is 1.13. The zero-order chi connectivity index (χ0) is 7.23. The molecule has 0 aromatic heterocycles. The molecule has 0 aromatic carbocycles. The largest absolute Gasteiger partial charge is 0.405 e. The van der Waals surface area contributed by atoms with Gasteiger partial charge in [0, 0.05) is 13.1 Å². The average Bonchev–Trinajstić information content (AvgIpc) is 2.41. The Morgan fingerprint density at radius 3 is 2.40 bits per heavy atom. The third-order valence-corrected chi connectivity index (χ3v) is 1.66. The SMILES string of the molecule is NC=CC=CN1CCCC1. The molecule has 0 aliphatic carbocycles. The highest BCUT2D eigenvalue weighted by Crippen LogP contribution is 2.06. The summed E-state index contributed by atoms with van der Waals surface area (Å²) in [6.07, 6.45) is 10.1. The molecule has 56 valence electrons. The van der Waals surface area contributed by atoms with E-state index in [-0.39, 0.29) is 0 Å². The summed E-state index contributed by atoms with van der Waals surface area (Å²) in [5.74, 6) is 0. The molecule has 2 nitrogen and oxygen atoms in total. The fraction of sp³-hybridized carbons (Fsp3) is 0.500. The molecule has 10 heavy (non-hydrogen) atoms. The van der Waals surface area contributed by atoms with Gasteiger partial charge in [-0.3, -0.25) is 0 Å². The van der Waals surface area contributed by atoms with Crippen LogP contribution < -0.4 is 5.73 Å². The number of likely N-dealkylation sites (tertiary alicyclic amines) is 1. The van der Waals surface area contributed by atoms with E-state index in [9.17, 15) is 0 Å². The van der Waals surface area contributed by atoms with Crippen molar-refractivity contribution in [2.24, 2.45) is 5.73 Å². The minimum absolute atomic E-state index is 1.20. The molecule has 0 radical (unpaired) electrons. The normalized spacial score (nSPS) is 19.8. The fourth-order valence-electron chi connectivity index (χ4n) is 1.13. The Balaban J connectivity index is 2.22. The second kappa shape index (κ2) is 3.99. The van der Waals surface area contributed by atoms with Gasteiger partial charge in [-0.2, -0.15) is 0 Å². The number of nitrogens with two attached hydrogens (primary N) is 1. The molecule has 0 saturated carbocycles. The highest BCUT2D eigenvalue weighted by atomic mass is 15.1. The number of nitrogens with zero attached hydrogens (tertiary/aromatic N) is 1. The van der Waals surface area contributed by atoms with Crippen LogP contribution in [-0.2, 0) is 0 Å². The number of hydrogen-bond acceptors (Lipinski definition) is 2. The molecule has 0 bridgehead atoms. The van der Waals surface area contributed by atoms with Gasteiger partial charge in [-0.15, -0.1) is 0 Å². The molecule has 1 fully saturated rings. The summed E-state index contributed by atoms with van der Waals surface area (Å²) in [6.45, 7) is 2.41. The predicted octanol–water partition coefficient (Wildman–Crippen LogP) is 1.07. The van der Waals surface area contributed by atoms with Gasteiger partial charge in [0.2, 0.25) is 0 Å². The summed E-state index contributed by atoms with van der Waals surface area (Å²) < 4.78 is 0. The highest BCUT2D eigenvalue weighted by molar-refractivity contribution is 5.00. The van der Waals surface area contributed by atoms with Crippen LogP contribution in [0.4, 0.5) is 0 Å². The van der Waals surface area contributed by atoms with Gasteiger partial charge in [-0.05, 0) is 37.4 Å². The minimum atomic E-state index is 1.20. The van der Waals surface area contributed by atoms with Crippen molar-refractivity contribution < 1.29 is 0 Å². The van der Waals surface area contributed by atoms with E-state index in [0.717, 1.165) is 0 Å². The van der Waals surface area contributed by atoms with Crippen molar-refractivity contribution in [2.75, 3.05) is 13.1 Å². The molecule has 0 spiro atoms. The van der Waals surface area contributed by atoms with Crippen LogP contribution >= 0.6 is 0 Å². The van der Waals surface area contributed by atoms with Gasteiger partial charge in [0.05, 0.1) is 0 Å². The Bertz CT molecular complexity index is 132. The van der Waals surface area contributed by atoms with Crippen LogP contribution in [0.15, 0.2) is 24.6 Å². The molecule has 0 aromatic rings. The quantitative estimate of drug-likeness (QED) is 0.578. The second-order valence-electron chi connectivity index (χ2n) is 2.47. The van der Waals surface area contributed by atoms with E-state index in [1.807, 2.05) is 12.2 Å². The maximum atomic E-state index is 5.16. The van der Waals surface area contributed by atoms with Crippen LogP contribution in [0.25, 0.3) is 0 Å². The Kier molecular flexibility index (Phi) is 2.87. The molecule has 1 rings (SSSR count). The first-order valence-corrected chi connectivity index (χ1v) is 3.72. The lowest BCUT2D eigenvalue weighted by Crippen LogP contribution is -2.09. The van der Waals surface area contributed by atoms with E-state index < -0.39 is 0 Å². The smallest absolute Gasteiger partial charge is 0.0173 e. The van der Waals surface area contributed by atoms with Crippen LogP contribution in [0.2, 0.25) is 0 Å². The van der Waals surface area contributed by atoms with Crippen molar-refractivity contribution in [1.29, 1.82) is 0 Å². The lowest BCUT2D eigenvalue weighted by molar-refractivity contribution is 0.468. The van der Waals surface area contributed by atoms with E-state index in [1.54, 1.807) is 6.20 Å². The lowest BCUT2D eigenvalue weighted by atomic mass is 10.4. The molecule has 2 N–H and O–H groups in total. The Morgan fingerprint density at radius 1 is 1.10 bits per heavy atom. The molecule has 1 aliphatic heterocycles. The van der Waals surface area contributed by atoms with Crippen molar-refractivity contribution in [3.05, 3.63) is 24.6 Å². The van der Waals surface area contributed by atoms with E-state index in [0.29, 0.717) is 0 Å². The zero-order valence-electron chi connectivity index (χ0n) is 6.16. The van der Waals surface area contributed by atoms with Crippen molar-refractivity contribution in [2.45, 2.75) is 12.8 Å². The molecule has 0 unspecified atom stereocenters. The summed E-state index contributed by atoms with van der Waals surface area (Å²) in [6, 6.07) is 0. The van der Waals surface area contributed by atoms with Crippen molar-refractivity contribution in [1.82, 2.24) is 4.90 Å². The van der Waals surface area contributed by atoms with Gasteiger partial charge in [0.1, 0.15) is 0 Å². The molecule has 0 amide bonds. The number of allylic oxidation sites excluding steroid dienone is 2. The van der Waals surface area contributed by atoms with E-state index in [1.165, 1.54) is 25.9 Å². The zero-order valence-corrected chi connectivity index (χ0v) is 6.16. The van der Waals surface area contributed by atoms with Crippen LogP contribution in [-0.4, -0.2) is 18.0 Å². The molecule has 1 heterocycles. The minimum Gasteiger partial charge on any atom is -0.405 e. The monoisotopic (exact) mass is 138 g/mol. The van der Waals surface area contributed by atoms with E-state index >= 15 is 0 Å². The molecule has 1 saturated heterocycles. The third kappa shape index (κ3) is 2.13. The van der Waals surface area contributed by atoms with Gasteiger partial charge in [-0.1, -0.05) is 0 Å². The van der Waals surface area contributed by atoms with Crippen molar-refractivity contribution >= 4 is 0 Å². The average molecular weight is 138 g/mol. The summed E-state index contributed by atoms with van der Waals surface area (Å²) in [5.41, 5.74) is 5.16. The number of hydrogen-bond donors (Lipinski definition) is 1. The van der Waals surface area contributed by atoms with Crippen LogP contribution in [0.1, 0.15) is 12.8 Å².